The summed E-state index contributed by atoms with van der Waals surface area (Å²) in [6.07, 6.45) is 0. The summed E-state index contributed by atoms with van der Waals surface area (Å²) >= 11 is 0. The summed E-state index contributed by atoms with van der Waals surface area (Å²) in [5.41, 5.74) is 2.93. The Morgan fingerprint density at radius 3 is 2.28 bits per heavy atom. The summed E-state index contributed by atoms with van der Waals surface area (Å²) in [5.74, 6) is 1.03. The lowest BCUT2D eigenvalue weighted by molar-refractivity contribution is 0.560. The molecule has 0 saturated carbocycles. The summed E-state index contributed by atoms with van der Waals surface area (Å²) in [4.78, 5) is 25.9. The predicted octanol–water partition coefficient (Wildman–Crippen LogP) is 7.44. The van der Waals surface area contributed by atoms with Crippen LogP contribution < -0.4 is 11.1 Å². The number of fused-ring (bicyclic) bond motifs is 6. The highest BCUT2D eigenvalue weighted by Gasteiger charge is 2.19. The van der Waals surface area contributed by atoms with Crippen molar-refractivity contribution in [3.8, 4) is 22.5 Å². The lowest BCUT2D eigenvalue weighted by Gasteiger charge is -2.07. The molecule has 0 amide bonds. The van der Waals surface area contributed by atoms with E-state index in [4.69, 9.17) is 13.3 Å². The van der Waals surface area contributed by atoms with E-state index in [1.807, 2.05) is 66.7 Å². The van der Waals surface area contributed by atoms with Crippen LogP contribution in [0.15, 0.2) is 114 Å². The second-order valence-electron chi connectivity index (χ2n) is 8.83. The summed E-state index contributed by atoms with van der Waals surface area (Å²) < 4.78 is 18.0. The first-order chi connectivity index (χ1) is 17.6. The molecule has 0 aliphatic carbocycles. The Labute approximate surface area is 203 Å². The minimum atomic E-state index is -0.465. The van der Waals surface area contributed by atoms with Gasteiger partial charge in [-0.3, -0.25) is 4.79 Å². The molecule has 5 heteroatoms. The molecule has 0 aliphatic heterocycles. The van der Waals surface area contributed by atoms with Gasteiger partial charge in [-0.1, -0.05) is 60.7 Å². The highest BCUT2D eigenvalue weighted by molar-refractivity contribution is 6.13. The molecule has 7 rings (SSSR count). The van der Waals surface area contributed by atoms with Crippen molar-refractivity contribution in [2.45, 2.75) is 6.92 Å². The number of hydrogen-bond acceptors (Lipinski definition) is 5. The van der Waals surface area contributed by atoms with E-state index in [9.17, 15) is 9.59 Å². The van der Waals surface area contributed by atoms with Gasteiger partial charge in [0.1, 0.15) is 28.3 Å². The quantitative estimate of drug-likeness (QED) is 0.194. The SMILES string of the molecule is Cc1oc2c(ccc3oc(-c4cc(=O)oc5ccc6ccccc6c45)cc32)c(=O)c1-c1ccccc1. The van der Waals surface area contributed by atoms with Crippen LogP contribution in [0.1, 0.15) is 5.76 Å². The second kappa shape index (κ2) is 7.55. The van der Waals surface area contributed by atoms with Crippen LogP contribution in [0.4, 0.5) is 0 Å². The normalized spacial score (nSPS) is 11.7. The van der Waals surface area contributed by atoms with Gasteiger partial charge in [0, 0.05) is 17.0 Å². The number of hydrogen-bond donors (Lipinski definition) is 0. The Kier molecular flexibility index (Phi) is 4.29. The molecule has 0 spiro atoms. The van der Waals surface area contributed by atoms with Crippen molar-refractivity contribution in [1.82, 2.24) is 0 Å². The van der Waals surface area contributed by atoms with Gasteiger partial charge in [-0.15, -0.1) is 0 Å². The van der Waals surface area contributed by atoms with Crippen LogP contribution >= 0.6 is 0 Å². The van der Waals surface area contributed by atoms with E-state index in [0.29, 0.717) is 50.2 Å². The smallest absolute Gasteiger partial charge is 0.336 e. The Hall–Kier alpha value is -4.90. The number of rotatable bonds is 2. The molecule has 0 aliphatic rings. The first-order valence-corrected chi connectivity index (χ1v) is 11.6. The molecule has 0 bridgehead atoms. The molecule has 0 fully saturated rings. The molecule has 7 aromatic rings. The van der Waals surface area contributed by atoms with E-state index in [1.54, 1.807) is 25.1 Å². The molecule has 0 saturated heterocycles. The summed E-state index contributed by atoms with van der Waals surface area (Å²) in [6, 6.07) is 27.9. The van der Waals surface area contributed by atoms with Crippen LogP contribution in [0.3, 0.4) is 0 Å². The average Bonchev–Trinajstić information content (AvgIpc) is 3.33. The summed E-state index contributed by atoms with van der Waals surface area (Å²) in [7, 11) is 0. The third kappa shape index (κ3) is 2.96. The monoisotopic (exact) mass is 470 g/mol. The Morgan fingerprint density at radius 2 is 1.42 bits per heavy atom. The maximum atomic E-state index is 13.5. The van der Waals surface area contributed by atoms with Gasteiger partial charge >= 0.3 is 5.63 Å². The van der Waals surface area contributed by atoms with Gasteiger partial charge in [-0.2, -0.15) is 0 Å². The molecular formula is C31H18O5. The van der Waals surface area contributed by atoms with E-state index in [1.165, 1.54) is 6.07 Å². The lowest BCUT2D eigenvalue weighted by atomic mass is 10.00. The van der Waals surface area contributed by atoms with Gasteiger partial charge in [-0.05, 0) is 47.5 Å². The van der Waals surface area contributed by atoms with E-state index < -0.39 is 5.63 Å². The van der Waals surface area contributed by atoms with Crippen LogP contribution in [0, 0.1) is 6.92 Å². The zero-order valence-corrected chi connectivity index (χ0v) is 19.2. The van der Waals surface area contributed by atoms with Gasteiger partial charge in [0.15, 0.2) is 0 Å². The molecule has 0 unspecified atom stereocenters. The van der Waals surface area contributed by atoms with E-state index >= 15 is 0 Å². The van der Waals surface area contributed by atoms with Crippen LogP contribution in [0.5, 0.6) is 0 Å². The Morgan fingerprint density at radius 1 is 0.639 bits per heavy atom. The van der Waals surface area contributed by atoms with Gasteiger partial charge < -0.3 is 13.3 Å². The van der Waals surface area contributed by atoms with Crippen molar-refractivity contribution >= 4 is 43.7 Å². The number of aryl methyl sites for hydroxylation is 1. The number of furan rings is 1. The largest absolute Gasteiger partial charge is 0.460 e. The average molecular weight is 470 g/mol. The minimum Gasteiger partial charge on any atom is -0.460 e. The molecule has 0 atom stereocenters. The topological polar surface area (TPSA) is 73.6 Å². The van der Waals surface area contributed by atoms with Crippen LogP contribution in [0.25, 0.3) is 66.1 Å². The molecule has 0 N–H and O–H groups in total. The molecule has 4 aromatic carbocycles. The standard InChI is InChI=1S/C31H18O5/c1-17-28(19-8-3-2-4-9-19)30(33)21-12-14-24-23(31(21)34-17)15-26(35-24)22-16-27(32)36-25-13-11-18-7-5-6-10-20(18)29(22)25/h2-16H,1H3. The van der Waals surface area contributed by atoms with Gasteiger partial charge in [0.2, 0.25) is 5.43 Å². The zero-order valence-electron chi connectivity index (χ0n) is 19.2. The van der Waals surface area contributed by atoms with Crippen LogP contribution in [-0.4, -0.2) is 0 Å². The highest BCUT2D eigenvalue weighted by Crippen LogP contribution is 2.38. The van der Waals surface area contributed by atoms with Crippen LogP contribution in [-0.2, 0) is 0 Å². The van der Waals surface area contributed by atoms with Crippen molar-refractivity contribution < 1.29 is 13.3 Å². The minimum absolute atomic E-state index is 0.0959. The fourth-order valence-electron chi connectivity index (χ4n) is 5.08. The zero-order chi connectivity index (χ0) is 24.4. The third-order valence-electron chi connectivity index (χ3n) is 6.69. The molecule has 36 heavy (non-hydrogen) atoms. The summed E-state index contributed by atoms with van der Waals surface area (Å²) in [6.45, 7) is 1.80. The first-order valence-electron chi connectivity index (χ1n) is 11.6. The first kappa shape index (κ1) is 20.5. The molecular weight excluding hydrogens is 452 g/mol. The maximum absolute atomic E-state index is 13.5. The highest BCUT2D eigenvalue weighted by atomic mass is 16.4. The molecule has 3 aromatic heterocycles. The fraction of sp³-hybridized carbons (Fsp3) is 0.0323. The predicted molar refractivity (Wildman–Crippen MR) is 141 cm³/mol. The van der Waals surface area contributed by atoms with E-state index in [0.717, 1.165) is 21.7 Å². The lowest BCUT2D eigenvalue weighted by Crippen LogP contribution is -2.07. The molecule has 172 valence electrons. The van der Waals surface area contributed by atoms with Crippen molar-refractivity contribution in [3.05, 3.63) is 117 Å². The number of benzene rings is 4. The van der Waals surface area contributed by atoms with Crippen molar-refractivity contribution in [2.75, 3.05) is 0 Å². The van der Waals surface area contributed by atoms with Crippen molar-refractivity contribution in [2.24, 2.45) is 0 Å². The second-order valence-corrected chi connectivity index (χ2v) is 8.83. The molecule has 5 nitrogen and oxygen atoms in total. The van der Waals surface area contributed by atoms with Crippen molar-refractivity contribution in [3.63, 3.8) is 0 Å². The summed E-state index contributed by atoms with van der Waals surface area (Å²) in [5, 5.41) is 3.91. The van der Waals surface area contributed by atoms with E-state index in [-0.39, 0.29) is 5.43 Å². The van der Waals surface area contributed by atoms with Crippen LogP contribution in [0.2, 0.25) is 0 Å². The molecule has 0 radical (unpaired) electrons. The van der Waals surface area contributed by atoms with E-state index in [2.05, 4.69) is 0 Å². The Bertz CT molecular complexity index is 2090. The van der Waals surface area contributed by atoms with Gasteiger partial charge in [0.05, 0.1) is 16.3 Å². The molecule has 3 heterocycles. The third-order valence-corrected chi connectivity index (χ3v) is 6.69. The maximum Gasteiger partial charge on any atom is 0.336 e. The van der Waals surface area contributed by atoms with Crippen molar-refractivity contribution in [1.29, 1.82) is 0 Å². The van der Waals surface area contributed by atoms with Gasteiger partial charge in [-0.25, -0.2) is 4.79 Å². The Balaban J connectivity index is 1.53. The fourth-order valence-corrected chi connectivity index (χ4v) is 5.08. The van der Waals surface area contributed by atoms with Gasteiger partial charge in [0.25, 0.3) is 0 Å².